The second kappa shape index (κ2) is 14.9. The Kier molecular flexibility index (Phi) is 11.3. The van der Waals surface area contributed by atoms with Gasteiger partial charge in [-0.05, 0) is 47.6 Å². The summed E-state index contributed by atoms with van der Waals surface area (Å²) in [5.41, 5.74) is 2.84. The van der Waals surface area contributed by atoms with Gasteiger partial charge in [-0.15, -0.1) is 0 Å². The fourth-order valence-electron chi connectivity index (χ4n) is 5.71. The molecule has 0 saturated heterocycles. The Morgan fingerprint density at radius 3 is 2.19 bits per heavy atom. The van der Waals surface area contributed by atoms with Gasteiger partial charge < -0.3 is 10.2 Å². The molecule has 0 heterocycles. The molecular formula is C34H42ClN3O4S. The molecule has 0 aliphatic heterocycles. The molecule has 3 aromatic carbocycles. The summed E-state index contributed by atoms with van der Waals surface area (Å²) in [5, 5.41) is 3.69. The van der Waals surface area contributed by atoms with E-state index in [2.05, 4.69) is 5.32 Å². The monoisotopic (exact) mass is 623 g/mol. The number of carbonyl (C=O) groups excluding carboxylic acids is 2. The molecule has 4 rings (SSSR count). The minimum atomic E-state index is -3.85. The molecule has 1 fully saturated rings. The number of anilines is 1. The Morgan fingerprint density at radius 2 is 1.53 bits per heavy atom. The van der Waals surface area contributed by atoms with Crippen LogP contribution in [-0.2, 0) is 32.6 Å². The Bertz CT molecular complexity index is 1490. The highest BCUT2D eigenvalue weighted by atomic mass is 35.5. The zero-order valence-corrected chi connectivity index (χ0v) is 26.8. The summed E-state index contributed by atoms with van der Waals surface area (Å²) >= 11 is 6.56. The maximum atomic E-state index is 14.4. The van der Waals surface area contributed by atoms with Crippen molar-refractivity contribution in [3.05, 3.63) is 101 Å². The molecule has 0 spiro atoms. The van der Waals surface area contributed by atoms with E-state index in [1.165, 1.54) is 4.90 Å². The highest BCUT2D eigenvalue weighted by molar-refractivity contribution is 7.92. The van der Waals surface area contributed by atoms with Crippen molar-refractivity contribution in [2.24, 2.45) is 0 Å². The lowest BCUT2D eigenvalue weighted by molar-refractivity contribution is -0.140. The second-order valence-corrected chi connectivity index (χ2v) is 14.0. The lowest BCUT2D eigenvalue weighted by atomic mass is 9.94. The van der Waals surface area contributed by atoms with Crippen molar-refractivity contribution in [3.63, 3.8) is 0 Å². The Balaban J connectivity index is 1.76. The van der Waals surface area contributed by atoms with Gasteiger partial charge >= 0.3 is 0 Å². The number of hydrogen-bond donors (Lipinski definition) is 1. The Morgan fingerprint density at radius 1 is 0.907 bits per heavy atom. The third kappa shape index (κ3) is 8.83. The number of sulfonamides is 1. The largest absolute Gasteiger partial charge is 0.352 e. The van der Waals surface area contributed by atoms with E-state index in [4.69, 9.17) is 11.6 Å². The van der Waals surface area contributed by atoms with Crippen molar-refractivity contribution in [2.45, 2.75) is 76.9 Å². The van der Waals surface area contributed by atoms with Crippen LogP contribution in [-0.4, -0.2) is 50.0 Å². The van der Waals surface area contributed by atoms with Gasteiger partial charge in [0.25, 0.3) is 0 Å². The van der Waals surface area contributed by atoms with Crippen molar-refractivity contribution in [1.82, 2.24) is 10.2 Å². The standard InChI is InChI=1S/C34H42ClN3O4S/c1-25(2)29-19-11-13-21-31(29)38(43(3,41)42)24-33(39)37(23-27-16-10-12-20-30(27)35)32(22-26-14-6-4-7-15-26)34(40)36-28-17-8-5-9-18-28/h4,6-7,10-16,19-21,25,28,32H,5,8-9,17-18,22-24H2,1-3H3,(H,36,40)/t32-/m1/s1. The van der Waals surface area contributed by atoms with Crippen LogP contribution in [0.25, 0.3) is 0 Å². The first kappa shape index (κ1) is 32.6. The zero-order chi connectivity index (χ0) is 31.0. The fourth-order valence-corrected chi connectivity index (χ4v) is 6.77. The van der Waals surface area contributed by atoms with Gasteiger partial charge in [0.1, 0.15) is 12.6 Å². The van der Waals surface area contributed by atoms with Crippen molar-refractivity contribution in [3.8, 4) is 0 Å². The molecule has 7 nitrogen and oxygen atoms in total. The number of nitrogens with zero attached hydrogens (tertiary/aromatic N) is 2. The van der Waals surface area contributed by atoms with Crippen LogP contribution in [0.2, 0.25) is 5.02 Å². The number of nitrogens with one attached hydrogen (secondary N) is 1. The van der Waals surface area contributed by atoms with Crippen molar-refractivity contribution < 1.29 is 18.0 Å². The molecule has 2 amide bonds. The lowest BCUT2D eigenvalue weighted by Crippen LogP contribution is -2.55. The van der Waals surface area contributed by atoms with Gasteiger partial charge in [-0.25, -0.2) is 8.42 Å². The average molecular weight is 624 g/mol. The van der Waals surface area contributed by atoms with Gasteiger partial charge in [0.05, 0.1) is 11.9 Å². The van der Waals surface area contributed by atoms with Crippen molar-refractivity contribution in [2.75, 3.05) is 17.1 Å². The number of carbonyl (C=O) groups is 2. The summed E-state index contributed by atoms with van der Waals surface area (Å²) < 4.78 is 27.5. The summed E-state index contributed by atoms with van der Waals surface area (Å²) in [4.78, 5) is 30.0. The summed E-state index contributed by atoms with van der Waals surface area (Å²) in [6, 6.07) is 23.2. The lowest BCUT2D eigenvalue weighted by Gasteiger charge is -2.35. The van der Waals surface area contributed by atoms with E-state index in [9.17, 15) is 18.0 Å². The molecule has 1 aliphatic carbocycles. The van der Waals surface area contributed by atoms with Gasteiger partial charge in [-0.1, -0.05) is 111 Å². The van der Waals surface area contributed by atoms with Crippen LogP contribution in [0.1, 0.15) is 68.6 Å². The van der Waals surface area contributed by atoms with Crippen LogP contribution in [0.5, 0.6) is 0 Å². The number of rotatable bonds is 12. The predicted molar refractivity (Wildman–Crippen MR) is 174 cm³/mol. The van der Waals surface area contributed by atoms with E-state index in [0.29, 0.717) is 16.3 Å². The predicted octanol–water partition coefficient (Wildman–Crippen LogP) is 6.32. The second-order valence-electron chi connectivity index (χ2n) is 11.6. The van der Waals surface area contributed by atoms with E-state index in [1.807, 2.05) is 74.5 Å². The number of benzene rings is 3. The number of halogens is 1. The SMILES string of the molecule is CC(C)c1ccccc1N(CC(=O)N(Cc1ccccc1Cl)[C@H](Cc1ccccc1)C(=O)NC1CCCCC1)S(C)(=O)=O. The van der Waals surface area contributed by atoms with Crippen LogP contribution in [0.4, 0.5) is 5.69 Å². The van der Waals surface area contributed by atoms with E-state index in [0.717, 1.165) is 53.8 Å². The normalized spacial score (nSPS) is 14.7. The molecule has 43 heavy (non-hydrogen) atoms. The summed E-state index contributed by atoms with van der Waals surface area (Å²) in [6.45, 7) is 3.57. The fraction of sp³-hybridized carbons (Fsp3) is 0.412. The quantitative estimate of drug-likeness (QED) is 0.256. The smallest absolute Gasteiger partial charge is 0.244 e. The highest BCUT2D eigenvalue weighted by Crippen LogP contribution is 2.30. The van der Waals surface area contributed by atoms with Crippen LogP contribution >= 0.6 is 11.6 Å². The Hall–Kier alpha value is -3.36. The molecule has 1 aliphatic rings. The first-order valence-electron chi connectivity index (χ1n) is 15.0. The van der Waals surface area contributed by atoms with Crippen LogP contribution in [0.15, 0.2) is 78.9 Å². The van der Waals surface area contributed by atoms with E-state index in [1.54, 1.807) is 18.2 Å². The van der Waals surface area contributed by atoms with E-state index >= 15 is 0 Å². The third-order valence-electron chi connectivity index (χ3n) is 8.03. The van der Waals surface area contributed by atoms with Crippen molar-refractivity contribution >= 4 is 39.1 Å². The molecule has 9 heteroatoms. The van der Waals surface area contributed by atoms with Gasteiger partial charge in [0, 0.05) is 24.0 Å². The molecule has 1 saturated carbocycles. The highest BCUT2D eigenvalue weighted by Gasteiger charge is 2.34. The number of amides is 2. The van der Waals surface area contributed by atoms with Crippen LogP contribution < -0.4 is 9.62 Å². The van der Waals surface area contributed by atoms with Crippen LogP contribution in [0.3, 0.4) is 0 Å². The summed E-state index contributed by atoms with van der Waals surface area (Å²) in [5.74, 6) is -0.699. The minimum absolute atomic E-state index is 0.0295. The van der Waals surface area contributed by atoms with Crippen molar-refractivity contribution in [1.29, 1.82) is 0 Å². The zero-order valence-electron chi connectivity index (χ0n) is 25.2. The third-order valence-corrected chi connectivity index (χ3v) is 9.52. The molecule has 0 bridgehead atoms. The van der Waals surface area contributed by atoms with E-state index in [-0.39, 0.29) is 30.8 Å². The molecule has 0 unspecified atom stereocenters. The van der Waals surface area contributed by atoms with Crippen LogP contribution in [0, 0.1) is 0 Å². The molecule has 0 radical (unpaired) electrons. The van der Waals surface area contributed by atoms with Gasteiger partial charge in [-0.2, -0.15) is 0 Å². The summed E-state index contributed by atoms with van der Waals surface area (Å²) in [6.07, 6.45) is 6.43. The van der Waals surface area contributed by atoms with E-state index < -0.39 is 28.5 Å². The maximum absolute atomic E-state index is 14.4. The number of para-hydroxylation sites is 1. The molecule has 0 aromatic heterocycles. The van der Waals surface area contributed by atoms with Gasteiger partial charge in [-0.3, -0.25) is 13.9 Å². The van der Waals surface area contributed by atoms with Gasteiger partial charge in [0.15, 0.2) is 0 Å². The Labute approximate surface area is 261 Å². The molecule has 3 aromatic rings. The molecule has 230 valence electrons. The first-order chi connectivity index (χ1) is 20.5. The molecule has 1 atom stereocenters. The average Bonchev–Trinajstić information content (AvgIpc) is 2.99. The number of hydrogen-bond acceptors (Lipinski definition) is 4. The molecule has 1 N–H and O–H groups in total. The minimum Gasteiger partial charge on any atom is -0.352 e. The summed E-state index contributed by atoms with van der Waals surface area (Å²) in [7, 11) is -3.85. The maximum Gasteiger partial charge on any atom is 0.244 e. The topological polar surface area (TPSA) is 86.8 Å². The van der Waals surface area contributed by atoms with Gasteiger partial charge in [0.2, 0.25) is 21.8 Å². The first-order valence-corrected chi connectivity index (χ1v) is 17.2. The molecular weight excluding hydrogens is 582 g/mol.